The Hall–Kier alpha value is -4.18. The molecule has 0 saturated carbocycles. The van der Waals surface area contributed by atoms with Gasteiger partial charge in [-0.2, -0.15) is 5.26 Å². The summed E-state index contributed by atoms with van der Waals surface area (Å²) >= 11 is 6.98. The molecule has 198 valence electrons. The molecule has 0 atom stereocenters. The standard InChI is InChI=1S/C26H21ClN6O4S2/c1-37-20-7-2-17(3-8-20)22-11-4-18(16-28)26(30-22)38-15-14-25(34)29-19-5-9-21(10-6-19)39(35,36)33-24-13-12-23(27)31-32-24/h2-13H,14-15H2,1H3,(H,29,34)(H,32,33). The number of thioether (sulfide) groups is 1. The number of sulfonamides is 1. The topological polar surface area (TPSA) is 147 Å². The normalized spacial score (nSPS) is 10.9. The highest BCUT2D eigenvalue weighted by atomic mass is 35.5. The minimum absolute atomic E-state index is 0.0142. The molecular weight excluding hydrogens is 560 g/mol. The van der Waals surface area contributed by atoms with Crippen molar-refractivity contribution in [1.82, 2.24) is 15.2 Å². The molecule has 0 bridgehead atoms. The predicted molar refractivity (Wildman–Crippen MR) is 149 cm³/mol. The monoisotopic (exact) mass is 580 g/mol. The zero-order valence-corrected chi connectivity index (χ0v) is 22.8. The minimum Gasteiger partial charge on any atom is -0.497 e. The van der Waals surface area contributed by atoms with Gasteiger partial charge in [0.2, 0.25) is 5.91 Å². The highest BCUT2D eigenvalue weighted by Crippen LogP contribution is 2.27. The Bertz CT molecular complexity index is 1610. The van der Waals surface area contributed by atoms with Gasteiger partial charge in [0.1, 0.15) is 16.8 Å². The van der Waals surface area contributed by atoms with Gasteiger partial charge in [0, 0.05) is 23.4 Å². The third-order valence-electron chi connectivity index (χ3n) is 5.25. The number of carbonyl (C=O) groups is 1. The number of nitrogens with zero attached hydrogens (tertiary/aromatic N) is 4. The first-order chi connectivity index (χ1) is 18.8. The number of hydrogen-bond donors (Lipinski definition) is 2. The summed E-state index contributed by atoms with van der Waals surface area (Å²) in [6.07, 6.45) is 0.154. The molecule has 4 aromatic rings. The number of anilines is 2. The second kappa shape index (κ2) is 12.6. The molecule has 10 nitrogen and oxygen atoms in total. The molecule has 0 unspecified atom stereocenters. The minimum atomic E-state index is -3.90. The smallest absolute Gasteiger partial charge is 0.263 e. The fourth-order valence-corrected chi connectivity index (χ4v) is 5.32. The predicted octanol–water partition coefficient (Wildman–Crippen LogP) is 4.99. The van der Waals surface area contributed by atoms with E-state index < -0.39 is 10.0 Å². The lowest BCUT2D eigenvalue weighted by Crippen LogP contribution is -2.15. The number of methoxy groups -OCH3 is 1. The van der Waals surface area contributed by atoms with Crippen LogP contribution in [0.4, 0.5) is 11.5 Å². The molecule has 2 N–H and O–H groups in total. The number of hydrogen-bond acceptors (Lipinski definition) is 9. The summed E-state index contributed by atoms with van der Waals surface area (Å²) in [5, 5.41) is 20.1. The third-order valence-corrected chi connectivity index (χ3v) is 7.82. The molecule has 0 aliphatic rings. The van der Waals surface area contributed by atoms with Gasteiger partial charge < -0.3 is 10.1 Å². The summed E-state index contributed by atoms with van der Waals surface area (Å²) in [6, 6.07) is 21.6. The van der Waals surface area contributed by atoms with E-state index in [1.54, 1.807) is 19.2 Å². The van der Waals surface area contributed by atoms with E-state index in [1.807, 2.05) is 24.3 Å². The average Bonchev–Trinajstić information content (AvgIpc) is 2.94. The third kappa shape index (κ3) is 7.44. The van der Waals surface area contributed by atoms with Gasteiger partial charge in [0.25, 0.3) is 10.0 Å². The molecular formula is C26H21ClN6O4S2. The molecule has 2 aromatic heterocycles. The quantitative estimate of drug-likeness (QED) is 0.247. The van der Waals surface area contributed by atoms with Gasteiger partial charge in [0.05, 0.1) is 23.3 Å². The number of benzene rings is 2. The average molecular weight is 581 g/mol. The first kappa shape index (κ1) is 27.8. The van der Waals surface area contributed by atoms with Crippen molar-refractivity contribution < 1.29 is 17.9 Å². The van der Waals surface area contributed by atoms with Crippen molar-refractivity contribution in [1.29, 1.82) is 5.26 Å². The second-order valence-electron chi connectivity index (χ2n) is 7.91. The Morgan fingerprint density at radius 2 is 1.77 bits per heavy atom. The van der Waals surface area contributed by atoms with E-state index in [1.165, 1.54) is 48.2 Å². The Morgan fingerprint density at radius 1 is 1.03 bits per heavy atom. The first-order valence-electron chi connectivity index (χ1n) is 11.4. The van der Waals surface area contributed by atoms with Crippen LogP contribution in [-0.2, 0) is 14.8 Å². The van der Waals surface area contributed by atoms with E-state index in [0.29, 0.717) is 27.7 Å². The maximum atomic E-state index is 12.6. The number of ether oxygens (including phenoxy) is 1. The van der Waals surface area contributed by atoms with E-state index in [2.05, 4.69) is 31.3 Å². The summed E-state index contributed by atoms with van der Waals surface area (Å²) in [5.41, 5.74) is 2.44. The van der Waals surface area contributed by atoms with Crippen molar-refractivity contribution in [3.63, 3.8) is 0 Å². The fraction of sp³-hybridized carbons (Fsp3) is 0.115. The van der Waals surface area contributed by atoms with Crippen LogP contribution in [0.15, 0.2) is 82.7 Å². The lowest BCUT2D eigenvalue weighted by atomic mass is 10.1. The lowest BCUT2D eigenvalue weighted by Gasteiger charge is -2.09. The van der Waals surface area contributed by atoms with Gasteiger partial charge >= 0.3 is 0 Å². The summed E-state index contributed by atoms with van der Waals surface area (Å²) in [5.74, 6) is 0.877. The maximum Gasteiger partial charge on any atom is 0.263 e. The maximum absolute atomic E-state index is 12.6. The van der Waals surface area contributed by atoms with Crippen LogP contribution in [-0.4, -0.2) is 42.4 Å². The van der Waals surface area contributed by atoms with Crippen molar-refractivity contribution in [2.75, 3.05) is 22.9 Å². The van der Waals surface area contributed by atoms with Crippen LogP contribution in [0.2, 0.25) is 5.15 Å². The molecule has 4 rings (SSSR count). The van der Waals surface area contributed by atoms with Crippen LogP contribution < -0.4 is 14.8 Å². The van der Waals surface area contributed by atoms with Gasteiger partial charge in [-0.25, -0.2) is 13.4 Å². The Balaban J connectivity index is 1.33. The van der Waals surface area contributed by atoms with E-state index >= 15 is 0 Å². The molecule has 0 spiro atoms. The zero-order valence-electron chi connectivity index (χ0n) is 20.5. The van der Waals surface area contributed by atoms with Gasteiger partial charge in [-0.05, 0) is 72.8 Å². The first-order valence-corrected chi connectivity index (χ1v) is 14.2. The molecule has 0 radical (unpaired) electrons. The summed E-state index contributed by atoms with van der Waals surface area (Å²) < 4.78 is 32.6. The van der Waals surface area contributed by atoms with Crippen LogP contribution in [0, 0.1) is 11.3 Å². The molecule has 0 fully saturated rings. The molecule has 2 heterocycles. The Labute approximate surface area is 234 Å². The number of amides is 1. The van der Waals surface area contributed by atoms with Crippen LogP contribution in [0.1, 0.15) is 12.0 Å². The number of aromatic nitrogens is 3. The zero-order chi connectivity index (χ0) is 27.8. The molecule has 0 saturated heterocycles. The molecule has 0 aliphatic heterocycles. The lowest BCUT2D eigenvalue weighted by molar-refractivity contribution is -0.115. The molecule has 39 heavy (non-hydrogen) atoms. The van der Waals surface area contributed by atoms with Crippen LogP contribution in [0.25, 0.3) is 11.3 Å². The van der Waals surface area contributed by atoms with Gasteiger partial charge in [-0.15, -0.1) is 22.0 Å². The van der Waals surface area contributed by atoms with E-state index in [-0.39, 0.29) is 28.2 Å². The Kier molecular flexibility index (Phi) is 8.98. The molecule has 0 aliphatic carbocycles. The van der Waals surface area contributed by atoms with Crippen molar-refractivity contribution in [3.8, 4) is 23.1 Å². The van der Waals surface area contributed by atoms with Gasteiger partial charge in [0.15, 0.2) is 11.0 Å². The SMILES string of the molecule is COc1ccc(-c2ccc(C#N)c(SCCC(=O)Nc3ccc(S(=O)(=O)Nc4ccc(Cl)nn4)cc3)n2)cc1. The van der Waals surface area contributed by atoms with Gasteiger partial charge in [-0.3, -0.25) is 9.52 Å². The number of carbonyl (C=O) groups excluding carboxylic acids is 1. The van der Waals surface area contributed by atoms with E-state index in [9.17, 15) is 18.5 Å². The largest absolute Gasteiger partial charge is 0.497 e. The Morgan fingerprint density at radius 3 is 2.41 bits per heavy atom. The van der Waals surface area contributed by atoms with Crippen LogP contribution in [0.3, 0.4) is 0 Å². The summed E-state index contributed by atoms with van der Waals surface area (Å²) in [7, 11) is -2.31. The molecule has 13 heteroatoms. The highest BCUT2D eigenvalue weighted by Gasteiger charge is 2.16. The van der Waals surface area contributed by atoms with Crippen molar-refractivity contribution >= 4 is 50.8 Å². The number of nitriles is 1. The van der Waals surface area contributed by atoms with Crippen LogP contribution in [0.5, 0.6) is 5.75 Å². The number of pyridine rings is 1. The molecule has 2 aromatic carbocycles. The van der Waals surface area contributed by atoms with Crippen molar-refractivity contribution in [3.05, 3.63) is 83.5 Å². The van der Waals surface area contributed by atoms with Crippen molar-refractivity contribution in [2.45, 2.75) is 16.3 Å². The number of halogens is 1. The highest BCUT2D eigenvalue weighted by molar-refractivity contribution is 7.99. The van der Waals surface area contributed by atoms with Crippen molar-refractivity contribution in [2.24, 2.45) is 0 Å². The summed E-state index contributed by atoms with van der Waals surface area (Å²) in [6.45, 7) is 0. The number of nitrogens with one attached hydrogen (secondary N) is 2. The van der Waals surface area contributed by atoms with E-state index in [0.717, 1.165) is 11.3 Å². The molecule has 1 amide bonds. The second-order valence-corrected chi connectivity index (χ2v) is 11.1. The fourth-order valence-electron chi connectivity index (χ4n) is 3.31. The summed E-state index contributed by atoms with van der Waals surface area (Å²) in [4.78, 5) is 17.1. The number of rotatable bonds is 10. The van der Waals surface area contributed by atoms with Gasteiger partial charge in [-0.1, -0.05) is 11.6 Å². The van der Waals surface area contributed by atoms with E-state index in [4.69, 9.17) is 16.3 Å². The van der Waals surface area contributed by atoms with Crippen LogP contribution >= 0.6 is 23.4 Å².